The van der Waals surface area contributed by atoms with E-state index in [4.69, 9.17) is 0 Å². The van der Waals surface area contributed by atoms with E-state index in [1.165, 1.54) is 35.5 Å². The first-order valence-electron chi connectivity index (χ1n) is 9.70. The molecule has 0 spiro atoms. The normalized spacial score (nSPS) is 10.8. The standard InChI is InChI=1S/C22H23N5O3S/c1-4-12-26-21(17-10-8-16(9-11-17)15(2)3)24-25-22(26)31-14-20(28)23-18-6-5-7-19(13-18)27(29)30/h4-11,13,15H,1,12,14H2,2-3H3,(H,23,28). The number of amides is 1. The fourth-order valence-corrected chi connectivity index (χ4v) is 3.69. The van der Waals surface area contributed by atoms with Crippen LogP contribution in [-0.2, 0) is 11.3 Å². The zero-order valence-corrected chi connectivity index (χ0v) is 18.1. The molecule has 160 valence electrons. The molecule has 1 amide bonds. The predicted molar refractivity (Wildman–Crippen MR) is 122 cm³/mol. The molecule has 1 heterocycles. The van der Waals surface area contributed by atoms with E-state index >= 15 is 0 Å². The zero-order valence-electron chi connectivity index (χ0n) is 17.3. The second-order valence-corrected chi connectivity index (χ2v) is 8.07. The van der Waals surface area contributed by atoms with Gasteiger partial charge in [0.2, 0.25) is 5.91 Å². The van der Waals surface area contributed by atoms with Crippen LogP contribution in [-0.4, -0.2) is 31.3 Å². The van der Waals surface area contributed by atoms with E-state index < -0.39 is 4.92 Å². The molecule has 0 saturated heterocycles. The zero-order chi connectivity index (χ0) is 22.4. The number of nitrogens with zero attached hydrogens (tertiary/aromatic N) is 4. The minimum atomic E-state index is -0.503. The minimum absolute atomic E-state index is 0.0793. The fourth-order valence-electron chi connectivity index (χ4n) is 2.94. The maximum absolute atomic E-state index is 12.3. The van der Waals surface area contributed by atoms with Crippen molar-refractivity contribution in [2.45, 2.75) is 31.5 Å². The number of benzene rings is 2. The first-order chi connectivity index (χ1) is 14.9. The molecule has 1 N–H and O–H groups in total. The van der Waals surface area contributed by atoms with Crippen LogP contribution < -0.4 is 5.32 Å². The second-order valence-electron chi connectivity index (χ2n) is 7.13. The third-order valence-corrected chi connectivity index (χ3v) is 5.50. The van der Waals surface area contributed by atoms with Gasteiger partial charge in [-0.3, -0.25) is 19.5 Å². The maximum Gasteiger partial charge on any atom is 0.271 e. The van der Waals surface area contributed by atoms with Crippen molar-refractivity contribution in [2.24, 2.45) is 0 Å². The summed E-state index contributed by atoms with van der Waals surface area (Å²) in [6, 6.07) is 14.0. The summed E-state index contributed by atoms with van der Waals surface area (Å²) < 4.78 is 1.91. The number of hydrogen-bond acceptors (Lipinski definition) is 6. The number of nitrogens with one attached hydrogen (secondary N) is 1. The molecule has 3 rings (SSSR count). The highest BCUT2D eigenvalue weighted by Crippen LogP contribution is 2.26. The smallest absolute Gasteiger partial charge is 0.271 e. The van der Waals surface area contributed by atoms with Gasteiger partial charge in [-0.2, -0.15) is 0 Å². The van der Waals surface area contributed by atoms with E-state index in [0.29, 0.717) is 29.1 Å². The van der Waals surface area contributed by atoms with Crippen LogP contribution in [0.2, 0.25) is 0 Å². The van der Waals surface area contributed by atoms with Crippen molar-refractivity contribution in [3.63, 3.8) is 0 Å². The lowest BCUT2D eigenvalue weighted by Gasteiger charge is -2.10. The lowest BCUT2D eigenvalue weighted by Crippen LogP contribution is -2.14. The lowest BCUT2D eigenvalue weighted by molar-refractivity contribution is -0.384. The van der Waals surface area contributed by atoms with E-state index in [1.807, 2.05) is 16.7 Å². The Balaban J connectivity index is 1.71. The summed E-state index contributed by atoms with van der Waals surface area (Å²) in [5.41, 5.74) is 2.47. The van der Waals surface area contributed by atoms with Crippen LogP contribution in [0.25, 0.3) is 11.4 Å². The lowest BCUT2D eigenvalue weighted by atomic mass is 10.0. The number of rotatable bonds is 9. The Kier molecular flexibility index (Phi) is 7.19. The van der Waals surface area contributed by atoms with Gasteiger partial charge in [0.15, 0.2) is 11.0 Å². The molecule has 0 saturated carbocycles. The Labute approximate surface area is 184 Å². The van der Waals surface area contributed by atoms with Gasteiger partial charge in [0.25, 0.3) is 5.69 Å². The third kappa shape index (κ3) is 5.58. The number of hydrogen-bond donors (Lipinski definition) is 1. The molecule has 0 unspecified atom stereocenters. The van der Waals surface area contributed by atoms with Crippen molar-refractivity contribution < 1.29 is 9.72 Å². The molecule has 2 aromatic carbocycles. The number of nitro groups is 1. The molecule has 0 aliphatic carbocycles. The number of allylic oxidation sites excluding steroid dienone is 1. The summed E-state index contributed by atoms with van der Waals surface area (Å²) in [4.78, 5) is 22.7. The molecule has 0 fully saturated rings. The Morgan fingerprint density at radius 1 is 1.26 bits per heavy atom. The fraction of sp³-hybridized carbons (Fsp3) is 0.227. The van der Waals surface area contributed by atoms with Crippen LogP contribution in [0.3, 0.4) is 0 Å². The molecular formula is C22H23N5O3S. The molecular weight excluding hydrogens is 414 g/mol. The van der Waals surface area contributed by atoms with Crippen molar-refractivity contribution in [1.82, 2.24) is 14.8 Å². The summed E-state index contributed by atoms with van der Waals surface area (Å²) in [6.45, 7) is 8.59. The molecule has 8 nitrogen and oxygen atoms in total. The van der Waals surface area contributed by atoms with Gasteiger partial charge >= 0.3 is 0 Å². The number of thioether (sulfide) groups is 1. The van der Waals surface area contributed by atoms with Crippen LogP contribution >= 0.6 is 11.8 Å². The SMILES string of the molecule is C=CCn1c(SCC(=O)Nc2cccc([N+](=O)[O-])c2)nnc1-c1ccc(C(C)C)cc1. The van der Waals surface area contributed by atoms with Crippen molar-refractivity contribution >= 4 is 29.0 Å². The van der Waals surface area contributed by atoms with E-state index in [-0.39, 0.29) is 17.3 Å². The summed E-state index contributed by atoms with van der Waals surface area (Å²) in [5, 5.41) is 22.7. The third-order valence-electron chi connectivity index (χ3n) is 4.54. The van der Waals surface area contributed by atoms with Crippen LogP contribution in [0.1, 0.15) is 25.3 Å². The highest BCUT2D eigenvalue weighted by molar-refractivity contribution is 7.99. The van der Waals surface area contributed by atoms with E-state index in [9.17, 15) is 14.9 Å². The van der Waals surface area contributed by atoms with E-state index in [1.54, 1.807) is 12.1 Å². The first-order valence-corrected chi connectivity index (χ1v) is 10.7. The van der Waals surface area contributed by atoms with E-state index in [0.717, 1.165) is 5.56 Å². The molecule has 9 heteroatoms. The van der Waals surface area contributed by atoms with Crippen LogP contribution in [0, 0.1) is 10.1 Å². The molecule has 31 heavy (non-hydrogen) atoms. The van der Waals surface area contributed by atoms with Gasteiger partial charge in [0, 0.05) is 29.9 Å². The Morgan fingerprint density at radius 3 is 2.65 bits per heavy atom. The molecule has 0 aliphatic heterocycles. The number of carbonyl (C=O) groups is 1. The van der Waals surface area contributed by atoms with E-state index in [2.05, 4.69) is 48.1 Å². The minimum Gasteiger partial charge on any atom is -0.325 e. The maximum atomic E-state index is 12.3. The van der Waals surface area contributed by atoms with Crippen molar-refractivity contribution in [3.8, 4) is 11.4 Å². The summed E-state index contributed by atoms with van der Waals surface area (Å²) >= 11 is 1.24. The summed E-state index contributed by atoms with van der Waals surface area (Å²) in [5.74, 6) is 0.943. The summed E-state index contributed by atoms with van der Waals surface area (Å²) in [7, 11) is 0. The molecule has 1 aromatic heterocycles. The van der Waals surface area contributed by atoms with Crippen molar-refractivity contribution in [1.29, 1.82) is 0 Å². The number of non-ortho nitro benzene ring substituents is 1. The largest absolute Gasteiger partial charge is 0.325 e. The number of carbonyl (C=O) groups excluding carboxylic acids is 1. The van der Waals surface area contributed by atoms with Gasteiger partial charge in [-0.25, -0.2) is 0 Å². The number of anilines is 1. The molecule has 0 aliphatic rings. The van der Waals surface area contributed by atoms with Crippen molar-refractivity contribution in [2.75, 3.05) is 11.1 Å². The van der Waals surface area contributed by atoms with Gasteiger partial charge in [0.1, 0.15) is 0 Å². The highest BCUT2D eigenvalue weighted by atomic mass is 32.2. The number of aromatic nitrogens is 3. The first kappa shape index (κ1) is 22.2. The van der Waals surface area contributed by atoms with Crippen LogP contribution in [0.4, 0.5) is 11.4 Å². The Hall–Kier alpha value is -3.46. The molecule has 0 atom stereocenters. The van der Waals surface area contributed by atoms with Gasteiger partial charge in [-0.05, 0) is 17.5 Å². The van der Waals surface area contributed by atoms with Crippen molar-refractivity contribution in [3.05, 3.63) is 76.9 Å². The Bertz CT molecular complexity index is 1090. The van der Waals surface area contributed by atoms with Gasteiger partial charge in [-0.1, -0.05) is 62.0 Å². The second kappa shape index (κ2) is 10.0. The van der Waals surface area contributed by atoms with Gasteiger partial charge in [-0.15, -0.1) is 16.8 Å². The predicted octanol–water partition coefficient (Wildman–Crippen LogP) is 4.89. The van der Waals surface area contributed by atoms with Gasteiger partial charge < -0.3 is 5.32 Å². The number of nitro benzene ring substituents is 1. The molecule has 0 bridgehead atoms. The molecule has 0 radical (unpaired) electrons. The monoisotopic (exact) mass is 437 g/mol. The summed E-state index contributed by atoms with van der Waals surface area (Å²) in [6.07, 6.45) is 1.75. The van der Waals surface area contributed by atoms with Gasteiger partial charge in [0.05, 0.1) is 10.7 Å². The topological polar surface area (TPSA) is 103 Å². The quantitative estimate of drug-likeness (QED) is 0.221. The Morgan fingerprint density at radius 2 is 2.00 bits per heavy atom. The average molecular weight is 438 g/mol. The highest BCUT2D eigenvalue weighted by Gasteiger charge is 2.16. The van der Waals surface area contributed by atoms with Crippen LogP contribution in [0.5, 0.6) is 0 Å². The molecule has 3 aromatic rings. The average Bonchev–Trinajstić information content (AvgIpc) is 3.15. The van der Waals surface area contributed by atoms with Crippen LogP contribution in [0.15, 0.2) is 66.3 Å².